The third-order valence-corrected chi connectivity index (χ3v) is 1.67. The van der Waals surface area contributed by atoms with Gasteiger partial charge in [-0.2, -0.15) is 0 Å². The maximum Gasteiger partial charge on any atom is 0.519 e. The zero-order chi connectivity index (χ0) is 13.1. The summed E-state index contributed by atoms with van der Waals surface area (Å²) in [5.41, 5.74) is 0. The minimum absolute atomic E-state index is 0.224. The second-order valence-corrected chi connectivity index (χ2v) is 3.03. The molecule has 0 aliphatic carbocycles. The molecule has 0 bridgehead atoms. The number of rotatable bonds is 6. The van der Waals surface area contributed by atoms with Crippen LogP contribution >= 0.6 is 0 Å². The van der Waals surface area contributed by atoms with E-state index >= 15 is 0 Å². The lowest BCUT2D eigenvalue weighted by Crippen LogP contribution is -2.05. The van der Waals surface area contributed by atoms with E-state index in [1.807, 2.05) is 19.9 Å². The number of carbonyl (C=O) groups excluding carboxylic acids is 1. The molecule has 0 amide bonds. The Bertz CT molecular complexity index is 360. The molecule has 0 aliphatic heterocycles. The molecule has 0 spiro atoms. The van der Waals surface area contributed by atoms with Crippen LogP contribution < -0.4 is 0 Å². The Morgan fingerprint density at radius 3 is 2.53 bits per heavy atom. The molecule has 0 unspecified atom stereocenters. The molecular formula is C14H18O3. The molecule has 3 heteroatoms. The van der Waals surface area contributed by atoms with Gasteiger partial charge in [-0.05, 0) is 19.1 Å². The van der Waals surface area contributed by atoms with Crippen molar-refractivity contribution in [3.05, 3.63) is 61.1 Å². The third-order valence-electron chi connectivity index (χ3n) is 1.67. The highest BCUT2D eigenvalue weighted by Gasteiger charge is 2.07. The van der Waals surface area contributed by atoms with Gasteiger partial charge in [-0.15, -0.1) is 0 Å². The summed E-state index contributed by atoms with van der Waals surface area (Å²) in [6.07, 6.45) is 9.89. The zero-order valence-corrected chi connectivity index (χ0v) is 10.3. The van der Waals surface area contributed by atoms with Crippen LogP contribution in [-0.2, 0) is 9.47 Å². The second-order valence-electron chi connectivity index (χ2n) is 3.03. The van der Waals surface area contributed by atoms with Crippen molar-refractivity contribution in [2.45, 2.75) is 20.3 Å². The van der Waals surface area contributed by atoms with Crippen molar-refractivity contribution < 1.29 is 14.3 Å². The first-order valence-electron chi connectivity index (χ1n) is 5.33. The van der Waals surface area contributed by atoms with Crippen molar-refractivity contribution >= 4 is 6.16 Å². The van der Waals surface area contributed by atoms with Gasteiger partial charge in [0.2, 0.25) is 0 Å². The Hall–Kier alpha value is -2.03. The molecule has 17 heavy (non-hydrogen) atoms. The van der Waals surface area contributed by atoms with Crippen molar-refractivity contribution in [2.75, 3.05) is 0 Å². The van der Waals surface area contributed by atoms with Gasteiger partial charge in [0.25, 0.3) is 0 Å². The number of allylic oxidation sites excluding steroid dienone is 7. The van der Waals surface area contributed by atoms with Crippen LogP contribution in [0.3, 0.4) is 0 Å². The van der Waals surface area contributed by atoms with E-state index in [0.29, 0.717) is 12.2 Å². The summed E-state index contributed by atoms with van der Waals surface area (Å²) in [5.74, 6) is 0.720. The van der Waals surface area contributed by atoms with Crippen molar-refractivity contribution in [3.63, 3.8) is 0 Å². The number of carbonyl (C=O) groups is 1. The topological polar surface area (TPSA) is 35.5 Å². The summed E-state index contributed by atoms with van der Waals surface area (Å²) in [7, 11) is 0. The molecule has 0 aromatic rings. The Morgan fingerprint density at radius 1 is 1.29 bits per heavy atom. The minimum Gasteiger partial charge on any atom is -0.399 e. The van der Waals surface area contributed by atoms with Gasteiger partial charge in [0.1, 0.15) is 11.5 Å². The first kappa shape index (κ1) is 15.0. The lowest BCUT2D eigenvalue weighted by Gasteiger charge is -2.06. The lowest BCUT2D eigenvalue weighted by molar-refractivity contribution is 0.103. The fourth-order valence-electron chi connectivity index (χ4n) is 0.898. The van der Waals surface area contributed by atoms with E-state index < -0.39 is 6.16 Å². The van der Waals surface area contributed by atoms with Crippen LogP contribution in [0.5, 0.6) is 0 Å². The summed E-state index contributed by atoms with van der Waals surface area (Å²) < 4.78 is 9.76. The Balaban J connectivity index is 4.22. The predicted molar refractivity (Wildman–Crippen MR) is 69.2 cm³/mol. The minimum atomic E-state index is -0.796. The molecule has 0 atom stereocenters. The van der Waals surface area contributed by atoms with Crippen LogP contribution in [-0.4, -0.2) is 6.16 Å². The largest absolute Gasteiger partial charge is 0.519 e. The molecule has 0 heterocycles. The maximum atomic E-state index is 11.3. The van der Waals surface area contributed by atoms with E-state index in [-0.39, 0.29) is 5.76 Å². The van der Waals surface area contributed by atoms with E-state index in [9.17, 15) is 4.79 Å². The van der Waals surface area contributed by atoms with E-state index in [1.54, 1.807) is 30.4 Å². The Kier molecular flexibility index (Phi) is 8.11. The van der Waals surface area contributed by atoms with Crippen LogP contribution in [0.2, 0.25) is 0 Å². The molecular weight excluding hydrogens is 216 g/mol. The number of hydrogen-bond donors (Lipinski definition) is 0. The van der Waals surface area contributed by atoms with Gasteiger partial charge in [-0.1, -0.05) is 44.4 Å². The highest BCUT2D eigenvalue weighted by atomic mass is 16.7. The summed E-state index contributed by atoms with van der Waals surface area (Å²) >= 11 is 0. The molecule has 3 nitrogen and oxygen atoms in total. The van der Waals surface area contributed by atoms with Gasteiger partial charge in [-0.25, -0.2) is 4.79 Å². The van der Waals surface area contributed by atoms with Gasteiger partial charge >= 0.3 is 6.16 Å². The summed E-state index contributed by atoms with van der Waals surface area (Å²) in [6, 6.07) is 0. The SMILES string of the molecule is C=C/C=C(\CC)OC(=O)OC(=C)/C=C\C=C/C. The Morgan fingerprint density at radius 2 is 2.00 bits per heavy atom. The number of ether oxygens (including phenoxy) is 2. The molecule has 0 aliphatic rings. The lowest BCUT2D eigenvalue weighted by atomic mass is 10.3. The molecule has 0 aromatic carbocycles. The highest BCUT2D eigenvalue weighted by molar-refractivity contribution is 5.63. The average Bonchev–Trinajstić information content (AvgIpc) is 2.28. The molecule has 0 saturated heterocycles. The first-order chi connectivity index (χ1) is 8.13. The van der Waals surface area contributed by atoms with E-state index in [4.69, 9.17) is 9.47 Å². The third kappa shape index (κ3) is 7.85. The van der Waals surface area contributed by atoms with Crippen molar-refractivity contribution in [1.29, 1.82) is 0 Å². The van der Waals surface area contributed by atoms with Crippen LogP contribution in [0.15, 0.2) is 61.1 Å². The second kappa shape index (κ2) is 9.21. The molecule has 0 rings (SSSR count). The standard InChI is InChI=1S/C14H18O3/c1-5-8-9-11-12(4)16-14(15)17-13(7-3)10-6-2/h5-6,8-11H,2,4,7H2,1,3H3/b8-5-,11-9-,13-10+. The van der Waals surface area contributed by atoms with Crippen molar-refractivity contribution in [2.24, 2.45) is 0 Å². The van der Waals surface area contributed by atoms with E-state index in [2.05, 4.69) is 13.2 Å². The van der Waals surface area contributed by atoms with Crippen LogP contribution in [0.25, 0.3) is 0 Å². The van der Waals surface area contributed by atoms with Crippen molar-refractivity contribution in [3.8, 4) is 0 Å². The summed E-state index contributed by atoms with van der Waals surface area (Å²) in [5, 5.41) is 0. The highest BCUT2D eigenvalue weighted by Crippen LogP contribution is 2.07. The molecule has 0 fully saturated rings. The Labute approximate surface area is 102 Å². The van der Waals surface area contributed by atoms with Gasteiger partial charge in [0.05, 0.1) is 0 Å². The van der Waals surface area contributed by atoms with E-state index in [1.165, 1.54) is 0 Å². The van der Waals surface area contributed by atoms with Crippen LogP contribution in [0, 0.1) is 0 Å². The normalized spacial score (nSPS) is 11.8. The van der Waals surface area contributed by atoms with E-state index in [0.717, 1.165) is 0 Å². The van der Waals surface area contributed by atoms with Gasteiger partial charge in [0.15, 0.2) is 0 Å². The monoisotopic (exact) mass is 234 g/mol. The van der Waals surface area contributed by atoms with Gasteiger partial charge in [-0.3, -0.25) is 0 Å². The average molecular weight is 234 g/mol. The first-order valence-corrected chi connectivity index (χ1v) is 5.33. The summed E-state index contributed by atoms with van der Waals surface area (Å²) in [6.45, 7) is 10.8. The molecule has 0 N–H and O–H groups in total. The summed E-state index contributed by atoms with van der Waals surface area (Å²) in [4.78, 5) is 11.3. The van der Waals surface area contributed by atoms with Crippen LogP contribution in [0.4, 0.5) is 4.79 Å². The van der Waals surface area contributed by atoms with Crippen molar-refractivity contribution in [1.82, 2.24) is 0 Å². The molecule has 0 radical (unpaired) electrons. The fourth-order valence-corrected chi connectivity index (χ4v) is 0.898. The molecule has 0 aromatic heterocycles. The number of hydrogen-bond acceptors (Lipinski definition) is 3. The predicted octanol–water partition coefficient (Wildman–Crippen LogP) is 4.27. The molecule has 0 saturated carbocycles. The van der Waals surface area contributed by atoms with Crippen LogP contribution in [0.1, 0.15) is 20.3 Å². The fraction of sp³-hybridized carbons (Fsp3) is 0.214. The van der Waals surface area contributed by atoms with Gasteiger partial charge in [0, 0.05) is 6.42 Å². The zero-order valence-electron chi connectivity index (χ0n) is 10.3. The smallest absolute Gasteiger partial charge is 0.399 e. The van der Waals surface area contributed by atoms with Gasteiger partial charge < -0.3 is 9.47 Å². The maximum absolute atomic E-state index is 11.3. The molecule has 92 valence electrons. The quantitative estimate of drug-likeness (QED) is 0.391.